The van der Waals surface area contributed by atoms with Gasteiger partial charge in [-0.1, -0.05) is 390 Å². The first-order valence-corrected chi connectivity index (χ1v) is 42.1. The summed E-state index contributed by atoms with van der Waals surface area (Å²) in [5.41, 5.74) is 52.3. The van der Waals surface area contributed by atoms with E-state index in [0.29, 0.717) is 0 Å². The number of benzene rings is 16. The van der Waals surface area contributed by atoms with Gasteiger partial charge in [-0.25, -0.2) is 0 Å². The molecule has 0 spiro atoms. The Morgan fingerprint density at radius 2 is 0.336 bits per heavy atom. The van der Waals surface area contributed by atoms with Crippen LogP contribution >= 0.6 is 0 Å². The summed E-state index contributed by atoms with van der Waals surface area (Å²) in [6.45, 7) is 49.7. The number of hydrogen-bond donors (Lipinski definition) is 0. The maximum atomic E-state index is 2.26. The molecule has 0 aliphatic heterocycles. The SMILES string of the molecule is Cc1cc(C)c(-c2ccccc2C)c(C)c1.Cc1cc(C)cc(-c2ccccc2C)c1.Cc1ccc(-c2ccccc2C)c(C)c1.Cc1ccc(-c2ccccc2C)cc1.Cc1cccc(-c2c(C)cc(C)cc2C)c1.Cc1cccc(-c2ccccc2C)c1.Cc1ccccc1-c1c(C)cccc1C.Cc1ccccc1-c1ccccc1C. The average Bonchev–Trinajstić information content (AvgIpc) is 0.773. The van der Waals surface area contributed by atoms with Crippen LogP contribution in [-0.4, -0.2) is 0 Å². The Kier molecular flexibility index (Phi) is 33.6. The Bertz CT molecular complexity index is 5880. The third-order valence-corrected chi connectivity index (χ3v) is 22.0. The van der Waals surface area contributed by atoms with Crippen molar-refractivity contribution in [2.24, 2.45) is 0 Å². The highest BCUT2D eigenvalue weighted by molar-refractivity contribution is 5.78. The molecular formula is C119H126. The molecule has 16 rings (SSSR count). The predicted molar refractivity (Wildman–Crippen MR) is 524 cm³/mol. The van der Waals surface area contributed by atoms with Gasteiger partial charge in [-0.3, -0.25) is 0 Å². The fraction of sp³-hybridized carbons (Fsp3) is 0.193. The second-order valence-electron chi connectivity index (χ2n) is 32.6. The zero-order valence-corrected chi connectivity index (χ0v) is 75.4. The maximum absolute atomic E-state index is 2.26. The van der Waals surface area contributed by atoms with Crippen LogP contribution in [0, 0.1) is 159 Å². The lowest BCUT2D eigenvalue weighted by molar-refractivity contribution is 1.31. The van der Waals surface area contributed by atoms with Gasteiger partial charge in [-0.15, -0.1) is 0 Å². The fourth-order valence-corrected chi connectivity index (χ4v) is 16.1. The second kappa shape index (κ2) is 44.2. The van der Waals surface area contributed by atoms with Crippen LogP contribution in [0.5, 0.6) is 0 Å². The molecule has 0 heterocycles. The molecule has 16 aromatic carbocycles. The molecule has 0 N–H and O–H groups in total. The summed E-state index contributed by atoms with van der Waals surface area (Å²) in [6, 6.07) is 123. The van der Waals surface area contributed by atoms with E-state index >= 15 is 0 Å². The Balaban J connectivity index is 0.000000155. The molecule has 0 radical (unpaired) electrons. The Morgan fingerprint density at radius 1 is 0.101 bits per heavy atom. The van der Waals surface area contributed by atoms with Crippen molar-refractivity contribution in [3.63, 3.8) is 0 Å². The summed E-state index contributed by atoms with van der Waals surface area (Å²) in [7, 11) is 0. The topological polar surface area (TPSA) is 0 Å². The van der Waals surface area contributed by atoms with Crippen molar-refractivity contribution in [3.8, 4) is 89.0 Å². The van der Waals surface area contributed by atoms with Crippen molar-refractivity contribution < 1.29 is 0 Å². The quantitative estimate of drug-likeness (QED) is 0.142. The van der Waals surface area contributed by atoms with Crippen molar-refractivity contribution in [1.82, 2.24) is 0 Å². The largest absolute Gasteiger partial charge is 0.0620 e. The monoisotopic (exact) mass is 1550 g/mol. The second-order valence-corrected chi connectivity index (χ2v) is 32.6. The van der Waals surface area contributed by atoms with Gasteiger partial charge in [-0.05, 0) is 332 Å². The van der Waals surface area contributed by atoms with Crippen LogP contribution in [0.2, 0.25) is 0 Å². The minimum Gasteiger partial charge on any atom is -0.0620 e. The molecule has 0 amide bonds. The van der Waals surface area contributed by atoms with Gasteiger partial charge in [0.2, 0.25) is 0 Å². The van der Waals surface area contributed by atoms with Gasteiger partial charge in [0.1, 0.15) is 0 Å². The first-order chi connectivity index (χ1) is 57.0. The number of hydrogen-bond acceptors (Lipinski definition) is 0. The van der Waals surface area contributed by atoms with Crippen LogP contribution in [0.4, 0.5) is 0 Å². The number of rotatable bonds is 8. The molecule has 0 saturated carbocycles. The molecule has 119 heavy (non-hydrogen) atoms. The lowest BCUT2D eigenvalue weighted by atomic mass is 9.91. The third kappa shape index (κ3) is 26.0. The molecule has 0 aromatic heterocycles. The Morgan fingerprint density at radius 3 is 0.689 bits per heavy atom. The first kappa shape index (κ1) is 90.4. The van der Waals surface area contributed by atoms with Crippen LogP contribution in [0.3, 0.4) is 0 Å². The van der Waals surface area contributed by atoms with E-state index < -0.39 is 0 Å². The van der Waals surface area contributed by atoms with Gasteiger partial charge in [0, 0.05) is 0 Å². The van der Waals surface area contributed by atoms with Gasteiger partial charge in [-0.2, -0.15) is 0 Å². The third-order valence-electron chi connectivity index (χ3n) is 22.0. The summed E-state index contributed by atoms with van der Waals surface area (Å²) in [6.07, 6.45) is 0. The molecule has 0 fully saturated rings. The minimum atomic E-state index is 1.30. The van der Waals surface area contributed by atoms with E-state index in [4.69, 9.17) is 0 Å². The Labute approximate surface area is 717 Å². The molecule has 0 unspecified atom stereocenters. The van der Waals surface area contributed by atoms with Crippen molar-refractivity contribution in [2.75, 3.05) is 0 Å². The van der Waals surface area contributed by atoms with Crippen LogP contribution < -0.4 is 0 Å². The van der Waals surface area contributed by atoms with Crippen molar-refractivity contribution in [2.45, 2.75) is 159 Å². The van der Waals surface area contributed by atoms with Gasteiger partial charge in [0.25, 0.3) is 0 Å². The average molecular weight is 1560 g/mol. The van der Waals surface area contributed by atoms with Crippen LogP contribution in [-0.2, 0) is 0 Å². The van der Waals surface area contributed by atoms with Gasteiger partial charge in [0.15, 0.2) is 0 Å². The van der Waals surface area contributed by atoms with E-state index in [2.05, 4.69) is 505 Å². The van der Waals surface area contributed by atoms with E-state index in [1.165, 1.54) is 217 Å². The molecule has 16 aromatic rings. The van der Waals surface area contributed by atoms with Gasteiger partial charge >= 0.3 is 0 Å². The zero-order valence-electron chi connectivity index (χ0n) is 75.4. The van der Waals surface area contributed by atoms with Crippen molar-refractivity contribution >= 4 is 0 Å². The standard InChI is InChI=1S/2C16H18.3C15H16.3C14H14/c1-11-6-5-7-15(10-11)16-13(3)8-12(2)9-14(16)4;1-11-9-13(3)16(14(4)10-11)15-8-6-5-7-12(15)2;1-11-7-4-5-10-14(11)15-12(2)8-6-9-13(15)3;1-11-8-12(2)10-14(9-11)15-7-5-4-6-13(15)3;1-11-8-9-15(13(3)10-11)14-7-5-4-6-12(14)2;1-11-7-3-5-9-13(11)14-10-6-4-8-12(14)2;1-11-6-5-8-13(10-11)14-9-4-3-7-12(14)2;1-11-7-9-13(10-8-11)14-6-4-3-5-12(14)2/h2*5-10H,1-4H3;3*4-10H,1-3H3;3*3-10H,1-2H3. The Hall–Kier alpha value is -12.5. The molecule has 0 atom stereocenters. The molecule has 0 aliphatic rings. The highest BCUT2D eigenvalue weighted by Crippen LogP contribution is 2.35. The molecule has 0 heteroatoms. The smallest absolute Gasteiger partial charge is 0.0123 e. The first-order valence-electron chi connectivity index (χ1n) is 42.1. The molecule has 0 nitrogen and oxygen atoms in total. The van der Waals surface area contributed by atoms with Crippen molar-refractivity contribution in [3.05, 3.63) is 474 Å². The predicted octanol–water partition coefficient (Wildman–Crippen LogP) is 33.9. The van der Waals surface area contributed by atoms with E-state index in [0.717, 1.165) is 0 Å². The summed E-state index contributed by atoms with van der Waals surface area (Å²) >= 11 is 0. The van der Waals surface area contributed by atoms with Gasteiger partial charge < -0.3 is 0 Å². The summed E-state index contributed by atoms with van der Waals surface area (Å²) in [4.78, 5) is 0. The highest BCUT2D eigenvalue weighted by atomic mass is 14.2. The van der Waals surface area contributed by atoms with Gasteiger partial charge in [0.05, 0.1) is 0 Å². The molecular weight excluding hydrogens is 1430 g/mol. The van der Waals surface area contributed by atoms with Crippen LogP contribution in [0.25, 0.3) is 89.0 Å². The summed E-state index contributed by atoms with van der Waals surface area (Å²) < 4.78 is 0. The minimum absolute atomic E-state index is 1.30. The summed E-state index contributed by atoms with van der Waals surface area (Å²) in [5, 5.41) is 0. The van der Waals surface area contributed by atoms with E-state index in [1.54, 1.807) is 0 Å². The number of aryl methyl sites for hydroxylation is 23. The lowest BCUT2D eigenvalue weighted by Gasteiger charge is -2.13. The van der Waals surface area contributed by atoms with Crippen LogP contribution in [0.15, 0.2) is 346 Å². The molecule has 602 valence electrons. The fourth-order valence-electron chi connectivity index (χ4n) is 16.1. The van der Waals surface area contributed by atoms with E-state index in [-0.39, 0.29) is 0 Å². The maximum Gasteiger partial charge on any atom is -0.0123 e. The molecule has 0 saturated heterocycles. The zero-order chi connectivity index (χ0) is 85.8. The highest BCUT2D eigenvalue weighted by Gasteiger charge is 2.13. The van der Waals surface area contributed by atoms with Crippen molar-refractivity contribution in [1.29, 1.82) is 0 Å². The molecule has 0 bridgehead atoms. The normalized spacial score (nSPS) is 10.3. The summed E-state index contributed by atoms with van der Waals surface area (Å²) in [5.74, 6) is 0. The lowest BCUT2D eigenvalue weighted by Crippen LogP contribution is -1.91. The van der Waals surface area contributed by atoms with Crippen LogP contribution in [0.1, 0.15) is 128 Å². The van der Waals surface area contributed by atoms with E-state index in [1.807, 2.05) is 0 Å². The van der Waals surface area contributed by atoms with E-state index in [9.17, 15) is 0 Å². The molecule has 0 aliphatic carbocycles.